The van der Waals surface area contributed by atoms with Crippen LogP contribution in [0.5, 0.6) is 0 Å². The normalized spacial score (nSPS) is 31.7. The Balaban J connectivity index is 2.17. The maximum absolute atomic E-state index is 12.4. The second kappa shape index (κ2) is 4.66. The van der Waals surface area contributed by atoms with Crippen LogP contribution in [0.4, 0.5) is 13.2 Å². The van der Waals surface area contributed by atoms with E-state index in [1.807, 2.05) is 0 Å². The van der Waals surface area contributed by atoms with Crippen LogP contribution in [-0.4, -0.2) is 54.2 Å². The minimum absolute atomic E-state index is 0.0342. The number of hydrogen-bond acceptors (Lipinski definition) is 3. The number of nitrogens with one attached hydrogen (secondary N) is 1. The molecule has 2 saturated heterocycles. The molecule has 2 heterocycles. The number of likely N-dealkylation sites (tertiary alicyclic amines) is 1. The van der Waals surface area contributed by atoms with Crippen LogP contribution in [-0.2, 0) is 9.59 Å². The van der Waals surface area contributed by atoms with Gasteiger partial charge >= 0.3 is 18.1 Å². The third-order valence-corrected chi connectivity index (χ3v) is 4.00. The third-order valence-electron chi connectivity index (χ3n) is 4.00. The highest BCUT2D eigenvalue weighted by molar-refractivity contribution is 5.82. The van der Waals surface area contributed by atoms with Crippen LogP contribution >= 0.6 is 0 Å². The van der Waals surface area contributed by atoms with E-state index in [1.54, 1.807) is 0 Å². The summed E-state index contributed by atoms with van der Waals surface area (Å²) in [5, 5.41) is 12.1. The van der Waals surface area contributed by atoms with Gasteiger partial charge in [-0.15, -0.1) is 0 Å². The van der Waals surface area contributed by atoms with Gasteiger partial charge in [0.05, 0.1) is 5.92 Å². The standard InChI is InChI=1S/C11H15F3N2O3/c12-11(13,14)9(19)16-3-1-2-10(6-16)5-15-4-7(10)8(17)18/h7,15H,1-6H2,(H,17,18). The van der Waals surface area contributed by atoms with Gasteiger partial charge < -0.3 is 15.3 Å². The van der Waals surface area contributed by atoms with E-state index in [2.05, 4.69) is 5.32 Å². The molecule has 2 aliphatic heterocycles. The second-order valence-electron chi connectivity index (χ2n) is 5.21. The fraction of sp³-hybridized carbons (Fsp3) is 0.818. The number of carbonyl (C=O) groups excluding carboxylic acids is 1. The highest BCUT2D eigenvalue weighted by Gasteiger charge is 2.52. The highest BCUT2D eigenvalue weighted by atomic mass is 19.4. The predicted molar refractivity (Wildman–Crippen MR) is 58.3 cm³/mol. The predicted octanol–water partition coefficient (Wildman–Crippen LogP) is 0.461. The van der Waals surface area contributed by atoms with E-state index in [9.17, 15) is 22.8 Å². The lowest BCUT2D eigenvalue weighted by Crippen LogP contribution is -2.54. The fourth-order valence-electron chi connectivity index (χ4n) is 3.10. The van der Waals surface area contributed by atoms with Gasteiger partial charge in [-0.25, -0.2) is 0 Å². The summed E-state index contributed by atoms with van der Waals surface area (Å²) >= 11 is 0. The summed E-state index contributed by atoms with van der Waals surface area (Å²) in [5.41, 5.74) is -0.773. The zero-order valence-corrected chi connectivity index (χ0v) is 10.2. The van der Waals surface area contributed by atoms with Gasteiger partial charge in [-0.1, -0.05) is 0 Å². The first-order valence-electron chi connectivity index (χ1n) is 6.06. The molecule has 2 fully saturated rings. The lowest BCUT2D eigenvalue weighted by Gasteiger charge is -2.42. The molecular weight excluding hydrogens is 265 g/mol. The van der Waals surface area contributed by atoms with Crippen molar-refractivity contribution >= 4 is 11.9 Å². The Morgan fingerprint density at radius 2 is 2.05 bits per heavy atom. The molecular formula is C11H15F3N2O3. The molecule has 2 atom stereocenters. The summed E-state index contributed by atoms with van der Waals surface area (Å²) in [6, 6.07) is 0. The molecule has 8 heteroatoms. The Bertz CT molecular complexity index is 399. The van der Waals surface area contributed by atoms with Crippen molar-refractivity contribution in [1.82, 2.24) is 10.2 Å². The summed E-state index contributed by atoms with van der Waals surface area (Å²) in [5.74, 6) is -3.63. The van der Waals surface area contributed by atoms with E-state index >= 15 is 0 Å². The van der Waals surface area contributed by atoms with Crippen LogP contribution in [0.1, 0.15) is 12.8 Å². The molecule has 0 aromatic rings. The van der Waals surface area contributed by atoms with Crippen LogP contribution in [0.15, 0.2) is 0 Å². The fourth-order valence-corrected chi connectivity index (χ4v) is 3.10. The van der Waals surface area contributed by atoms with Crippen LogP contribution < -0.4 is 5.32 Å². The molecule has 5 nitrogen and oxygen atoms in total. The van der Waals surface area contributed by atoms with Crippen LogP contribution in [0.25, 0.3) is 0 Å². The van der Waals surface area contributed by atoms with E-state index in [0.717, 1.165) is 4.90 Å². The van der Waals surface area contributed by atoms with Gasteiger partial charge in [0.1, 0.15) is 0 Å². The number of hydrogen-bond donors (Lipinski definition) is 2. The van der Waals surface area contributed by atoms with Crippen molar-refractivity contribution in [3.8, 4) is 0 Å². The van der Waals surface area contributed by atoms with Crippen molar-refractivity contribution in [2.24, 2.45) is 11.3 Å². The number of carbonyl (C=O) groups is 2. The molecule has 2 aliphatic rings. The van der Waals surface area contributed by atoms with E-state index in [-0.39, 0.29) is 19.6 Å². The summed E-state index contributed by atoms with van der Waals surface area (Å²) in [6.07, 6.45) is -3.98. The Morgan fingerprint density at radius 1 is 1.37 bits per heavy atom. The molecule has 0 radical (unpaired) electrons. The molecule has 2 N–H and O–H groups in total. The topological polar surface area (TPSA) is 69.6 Å². The molecule has 2 unspecified atom stereocenters. The van der Waals surface area contributed by atoms with E-state index in [1.165, 1.54) is 0 Å². The molecule has 0 aromatic carbocycles. The van der Waals surface area contributed by atoms with Gasteiger partial charge in [0.2, 0.25) is 0 Å². The zero-order chi connectivity index (χ0) is 14.3. The van der Waals surface area contributed by atoms with Crippen molar-refractivity contribution in [3.63, 3.8) is 0 Å². The molecule has 0 saturated carbocycles. The maximum atomic E-state index is 12.4. The minimum Gasteiger partial charge on any atom is -0.481 e. The molecule has 0 aliphatic carbocycles. The lowest BCUT2D eigenvalue weighted by atomic mass is 9.72. The summed E-state index contributed by atoms with van der Waals surface area (Å²) in [6.45, 7) is 0.469. The SMILES string of the molecule is O=C(O)C1CNCC12CCCN(C(=O)C(F)(F)F)C2. The number of rotatable bonds is 1. The van der Waals surface area contributed by atoms with E-state index in [0.29, 0.717) is 19.4 Å². The number of carboxylic acids is 1. The van der Waals surface area contributed by atoms with Gasteiger partial charge in [0, 0.05) is 31.6 Å². The molecule has 19 heavy (non-hydrogen) atoms. The minimum atomic E-state index is -4.90. The Kier molecular flexibility index (Phi) is 3.46. The van der Waals surface area contributed by atoms with Crippen molar-refractivity contribution in [2.75, 3.05) is 26.2 Å². The van der Waals surface area contributed by atoms with E-state index < -0.39 is 29.4 Å². The highest BCUT2D eigenvalue weighted by Crippen LogP contribution is 2.41. The molecule has 108 valence electrons. The molecule has 2 rings (SSSR count). The average molecular weight is 280 g/mol. The van der Waals surface area contributed by atoms with Crippen LogP contribution in [0, 0.1) is 11.3 Å². The van der Waals surface area contributed by atoms with Crippen molar-refractivity contribution < 1.29 is 27.9 Å². The van der Waals surface area contributed by atoms with Gasteiger partial charge in [-0.05, 0) is 12.8 Å². The number of piperidine rings is 1. The molecule has 0 aromatic heterocycles. The Labute approximate surface area is 107 Å². The second-order valence-corrected chi connectivity index (χ2v) is 5.21. The van der Waals surface area contributed by atoms with E-state index in [4.69, 9.17) is 5.11 Å². The first-order chi connectivity index (χ1) is 8.76. The number of amides is 1. The monoisotopic (exact) mass is 280 g/mol. The average Bonchev–Trinajstić information content (AvgIpc) is 2.70. The van der Waals surface area contributed by atoms with Gasteiger partial charge in [-0.3, -0.25) is 9.59 Å². The van der Waals surface area contributed by atoms with Crippen molar-refractivity contribution in [3.05, 3.63) is 0 Å². The number of carboxylic acid groups (broad SMARTS) is 1. The van der Waals surface area contributed by atoms with Crippen molar-refractivity contribution in [2.45, 2.75) is 19.0 Å². The number of aliphatic carboxylic acids is 1. The first-order valence-corrected chi connectivity index (χ1v) is 6.06. The number of halogens is 3. The Morgan fingerprint density at radius 3 is 2.63 bits per heavy atom. The zero-order valence-electron chi connectivity index (χ0n) is 10.2. The Hall–Kier alpha value is -1.31. The first kappa shape index (κ1) is 14.1. The number of alkyl halides is 3. The quantitative estimate of drug-likeness (QED) is 0.732. The van der Waals surface area contributed by atoms with Crippen LogP contribution in [0.3, 0.4) is 0 Å². The summed E-state index contributed by atoms with van der Waals surface area (Å²) in [4.78, 5) is 23.2. The van der Waals surface area contributed by atoms with Gasteiger partial charge in [-0.2, -0.15) is 13.2 Å². The van der Waals surface area contributed by atoms with Gasteiger partial charge in [0.15, 0.2) is 0 Å². The molecule has 0 bridgehead atoms. The molecule has 1 spiro atoms. The van der Waals surface area contributed by atoms with Gasteiger partial charge in [0.25, 0.3) is 0 Å². The lowest BCUT2D eigenvalue weighted by molar-refractivity contribution is -0.189. The smallest absolute Gasteiger partial charge is 0.471 e. The maximum Gasteiger partial charge on any atom is 0.471 e. The third kappa shape index (κ3) is 2.54. The summed E-state index contributed by atoms with van der Waals surface area (Å²) in [7, 11) is 0. The van der Waals surface area contributed by atoms with Crippen LogP contribution in [0.2, 0.25) is 0 Å². The summed E-state index contributed by atoms with van der Waals surface area (Å²) < 4.78 is 37.3. The number of nitrogens with zero attached hydrogens (tertiary/aromatic N) is 1. The van der Waals surface area contributed by atoms with Crippen molar-refractivity contribution in [1.29, 1.82) is 0 Å². The molecule has 1 amide bonds. The largest absolute Gasteiger partial charge is 0.481 e.